The van der Waals surface area contributed by atoms with Crippen molar-refractivity contribution in [3.8, 4) is 11.5 Å². The third-order valence-electron chi connectivity index (χ3n) is 2.62. The van der Waals surface area contributed by atoms with E-state index >= 15 is 0 Å². The molecule has 1 amide bonds. The smallest absolute Gasteiger partial charge is 0.259 e. The highest BCUT2D eigenvalue weighted by molar-refractivity contribution is 6.34. The fraction of sp³-hybridized carbons (Fsp3) is 0.0714. The van der Waals surface area contributed by atoms with E-state index < -0.39 is 11.7 Å². The Balaban J connectivity index is 2.30. The van der Waals surface area contributed by atoms with Gasteiger partial charge in [-0.2, -0.15) is 0 Å². The van der Waals surface area contributed by atoms with Crippen molar-refractivity contribution >= 4 is 23.2 Å². The van der Waals surface area contributed by atoms with Gasteiger partial charge in [-0.3, -0.25) is 4.79 Å². The van der Waals surface area contributed by atoms with Crippen molar-refractivity contribution in [1.29, 1.82) is 0 Å². The zero-order valence-electron chi connectivity index (χ0n) is 10.5. The summed E-state index contributed by atoms with van der Waals surface area (Å²) in [6.45, 7) is 0. The number of benzene rings is 2. The van der Waals surface area contributed by atoms with Gasteiger partial charge in [-0.1, -0.05) is 11.6 Å². The first-order valence-electron chi connectivity index (χ1n) is 5.64. The molecule has 0 aromatic heterocycles. The maximum absolute atomic E-state index is 13.1. The molecule has 0 spiro atoms. The number of phenols is 1. The summed E-state index contributed by atoms with van der Waals surface area (Å²) in [7, 11) is 1.48. The first-order chi connectivity index (χ1) is 9.51. The average molecular weight is 296 g/mol. The fourth-order valence-corrected chi connectivity index (χ4v) is 1.77. The van der Waals surface area contributed by atoms with E-state index in [1.807, 2.05) is 0 Å². The summed E-state index contributed by atoms with van der Waals surface area (Å²) in [6, 6.07) is 7.83. The molecule has 0 aliphatic heterocycles. The second-order valence-corrected chi connectivity index (χ2v) is 4.37. The van der Waals surface area contributed by atoms with E-state index in [2.05, 4.69) is 5.32 Å². The van der Waals surface area contributed by atoms with E-state index in [9.17, 15) is 14.3 Å². The summed E-state index contributed by atoms with van der Waals surface area (Å²) in [5.74, 6) is -1.10. The summed E-state index contributed by atoms with van der Waals surface area (Å²) >= 11 is 5.95. The van der Waals surface area contributed by atoms with Crippen molar-refractivity contribution in [3.05, 3.63) is 52.8 Å². The zero-order valence-corrected chi connectivity index (χ0v) is 11.2. The number of methoxy groups -OCH3 is 1. The highest BCUT2D eigenvalue weighted by Crippen LogP contribution is 2.28. The molecule has 0 aliphatic rings. The van der Waals surface area contributed by atoms with E-state index in [0.29, 0.717) is 16.5 Å². The van der Waals surface area contributed by atoms with Gasteiger partial charge in [-0.25, -0.2) is 4.39 Å². The van der Waals surface area contributed by atoms with Crippen LogP contribution in [0.15, 0.2) is 36.4 Å². The van der Waals surface area contributed by atoms with Crippen LogP contribution in [0, 0.1) is 5.82 Å². The van der Waals surface area contributed by atoms with Gasteiger partial charge in [0.2, 0.25) is 0 Å². The van der Waals surface area contributed by atoms with E-state index in [1.54, 1.807) is 12.1 Å². The van der Waals surface area contributed by atoms with Crippen molar-refractivity contribution in [1.82, 2.24) is 0 Å². The number of carbonyl (C=O) groups is 1. The van der Waals surface area contributed by atoms with E-state index in [0.717, 1.165) is 18.2 Å². The molecular formula is C14H11ClFNO3. The molecule has 104 valence electrons. The second kappa shape index (κ2) is 5.79. The topological polar surface area (TPSA) is 58.6 Å². The normalized spacial score (nSPS) is 10.2. The summed E-state index contributed by atoms with van der Waals surface area (Å²) < 4.78 is 18.1. The third kappa shape index (κ3) is 3.00. The number of ether oxygens (including phenoxy) is 1. The van der Waals surface area contributed by atoms with Gasteiger partial charge >= 0.3 is 0 Å². The number of anilines is 1. The number of phenolic OH excluding ortho intramolecular Hbond substituents is 1. The maximum Gasteiger partial charge on any atom is 0.259 e. The van der Waals surface area contributed by atoms with Crippen molar-refractivity contribution < 1.29 is 19.0 Å². The lowest BCUT2D eigenvalue weighted by molar-refractivity contribution is 0.102. The SMILES string of the molecule is COc1ccc(Cl)c(NC(=O)c2cc(F)ccc2O)c1. The van der Waals surface area contributed by atoms with Crippen molar-refractivity contribution in [2.75, 3.05) is 12.4 Å². The number of aromatic hydroxyl groups is 1. The number of rotatable bonds is 3. The van der Waals surface area contributed by atoms with Gasteiger partial charge < -0.3 is 15.2 Å². The quantitative estimate of drug-likeness (QED) is 0.912. The van der Waals surface area contributed by atoms with Crippen LogP contribution in [0.3, 0.4) is 0 Å². The minimum atomic E-state index is -0.669. The predicted molar refractivity (Wildman–Crippen MR) is 74.0 cm³/mol. The molecular weight excluding hydrogens is 285 g/mol. The Morgan fingerprint density at radius 2 is 2.05 bits per heavy atom. The van der Waals surface area contributed by atoms with Crippen LogP contribution >= 0.6 is 11.6 Å². The van der Waals surface area contributed by atoms with E-state index in [1.165, 1.54) is 13.2 Å². The molecule has 2 aromatic rings. The number of carbonyl (C=O) groups excluding carboxylic acids is 1. The standard InChI is InChI=1S/C14H11ClFNO3/c1-20-9-3-4-11(15)12(7-9)17-14(19)10-6-8(16)2-5-13(10)18/h2-7,18H,1H3,(H,17,19). The molecule has 0 saturated carbocycles. The van der Waals surface area contributed by atoms with E-state index in [-0.39, 0.29) is 11.3 Å². The van der Waals surface area contributed by atoms with Gasteiger partial charge in [0.25, 0.3) is 5.91 Å². The van der Waals surface area contributed by atoms with Crippen LogP contribution in [0.1, 0.15) is 10.4 Å². The highest BCUT2D eigenvalue weighted by Gasteiger charge is 2.14. The highest BCUT2D eigenvalue weighted by atomic mass is 35.5. The van der Waals surface area contributed by atoms with E-state index in [4.69, 9.17) is 16.3 Å². The van der Waals surface area contributed by atoms with Gasteiger partial charge in [0.1, 0.15) is 17.3 Å². The van der Waals surface area contributed by atoms with Crippen LogP contribution in [-0.2, 0) is 0 Å². The molecule has 0 radical (unpaired) electrons. The molecule has 6 heteroatoms. The van der Waals surface area contributed by atoms with Crippen LogP contribution in [0.4, 0.5) is 10.1 Å². The van der Waals surface area contributed by atoms with Crippen molar-refractivity contribution in [3.63, 3.8) is 0 Å². The first kappa shape index (κ1) is 14.1. The summed E-state index contributed by atoms with van der Waals surface area (Å²) in [5.41, 5.74) is 0.128. The molecule has 2 rings (SSSR count). The lowest BCUT2D eigenvalue weighted by Crippen LogP contribution is -2.12. The molecule has 20 heavy (non-hydrogen) atoms. The van der Waals surface area contributed by atoms with Gasteiger partial charge in [0, 0.05) is 6.07 Å². The number of hydrogen-bond donors (Lipinski definition) is 2. The number of halogens is 2. The molecule has 0 fully saturated rings. The molecule has 0 saturated heterocycles. The van der Waals surface area contributed by atoms with Crippen molar-refractivity contribution in [2.45, 2.75) is 0 Å². The largest absolute Gasteiger partial charge is 0.507 e. The van der Waals surface area contributed by atoms with Gasteiger partial charge in [-0.05, 0) is 30.3 Å². The van der Waals surface area contributed by atoms with Crippen molar-refractivity contribution in [2.24, 2.45) is 0 Å². The molecule has 2 aromatic carbocycles. The Labute approximate surface area is 119 Å². The Bertz CT molecular complexity index is 661. The summed E-state index contributed by atoms with van der Waals surface area (Å²) in [4.78, 5) is 12.0. The predicted octanol–water partition coefficient (Wildman–Crippen LogP) is 3.45. The van der Waals surface area contributed by atoms with Crippen LogP contribution in [-0.4, -0.2) is 18.1 Å². The fourth-order valence-electron chi connectivity index (χ4n) is 1.61. The third-order valence-corrected chi connectivity index (χ3v) is 2.95. The maximum atomic E-state index is 13.1. The Morgan fingerprint density at radius 1 is 1.30 bits per heavy atom. The van der Waals surface area contributed by atoms with Crippen LogP contribution < -0.4 is 10.1 Å². The number of hydrogen-bond acceptors (Lipinski definition) is 3. The monoisotopic (exact) mass is 295 g/mol. The summed E-state index contributed by atoms with van der Waals surface area (Å²) in [6.07, 6.45) is 0. The molecule has 0 heterocycles. The molecule has 0 unspecified atom stereocenters. The van der Waals surface area contributed by atoms with Crippen LogP contribution in [0.25, 0.3) is 0 Å². The van der Waals surface area contributed by atoms with Gasteiger partial charge in [-0.15, -0.1) is 0 Å². The summed E-state index contributed by atoms with van der Waals surface area (Å²) in [5, 5.41) is 12.4. The molecule has 2 N–H and O–H groups in total. The first-order valence-corrected chi connectivity index (χ1v) is 6.02. The number of nitrogens with one attached hydrogen (secondary N) is 1. The lowest BCUT2D eigenvalue weighted by Gasteiger charge is -2.10. The molecule has 4 nitrogen and oxygen atoms in total. The average Bonchev–Trinajstić information content (AvgIpc) is 2.43. The minimum Gasteiger partial charge on any atom is -0.507 e. The minimum absolute atomic E-state index is 0.177. The molecule has 0 aliphatic carbocycles. The Hall–Kier alpha value is -2.27. The Kier molecular flexibility index (Phi) is 4.10. The van der Waals surface area contributed by atoms with Crippen LogP contribution in [0.5, 0.6) is 11.5 Å². The Morgan fingerprint density at radius 3 is 2.75 bits per heavy atom. The zero-order chi connectivity index (χ0) is 14.7. The molecule has 0 atom stereocenters. The lowest BCUT2D eigenvalue weighted by atomic mass is 10.1. The van der Waals surface area contributed by atoms with Gasteiger partial charge in [0.05, 0.1) is 23.4 Å². The molecule has 0 bridgehead atoms. The number of amides is 1. The van der Waals surface area contributed by atoms with Crippen LogP contribution in [0.2, 0.25) is 5.02 Å². The second-order valence-electron chi connectivity index (χ2n) is 3.96. The van der Waals surface area contributed by atoms with Gasteiger partial charge in [0.15, 0.2) is 0 Å².